The highest BCUT2D eigenvalue weighted by Crippen LogP contribution is 2.53. The molecule has 1 nitrogen and oxygen atoms in total. The summed E-state index contributed by atoms with van der Waals surface area (Å²) in [6, 6.07) is 6.64. The molecule has 1 aromatic rings. The highest BCUT2D eigenvalue weighted by Gasteiger charge is 2.45. The standard InChI is InChI=1S/C18H24O/c1-12-2-4-14-6-7-18(19,17(14)8-12)11-16-10-13-3-5-15(16)9-13/h2,4,8,13,15-16,19H,3,5-7,9-11H2,1H3. The van der Waals surface area contributed by atoms with E-state index in [2.05, 4.69) is 25.1 Å². The average molecular weight is 256 g/mol. The molecule has 3 aliphatic rings. The fourth-order valence-electron chi connectivity index (χ4n) is 5.09. The van der Waals surface area contributed by atoms with Crippen molar-refractivity contribution in [3.63, 3.8) is 0 Å². The van der Waals surface area contributed by atoms with Gasteiger partial charge in [-0.15, -0.1) is 0 Å². The van der Waals surface area contributed by atoms with Crippen molar-refractivity contribution < 1.29 is 5.11 Å². The van der Waals surface area contributed by atoms with Crippen molar-refractivity contribution >= 4 is 0 Å². The Kier molecular flexibility index (Phi) is 2.57. The zero-order valence-corrected chi connectivity index (χ0v) is 11.9. The Hall–Kier alpha value is -0.820. The van der Waals surface area contributed by atoms with Crippen molar-refractivity contribution in [3.8, 4) is 0 Å². The van der Waals surface area contributed by atoms with Gasteiger partial charge in [0.15, 0.2) is 0 Å². The number of hydrogen-bond donors (Lipinski definition) is 1. The van der Waals surface area contributed by atoms with Gasteiger partial charge in [-0.05, 0) is 74.3 Å². The molecule has 0 heterocycles. The predicted molar refractivity (Wildman–Crippen MR) is 77.0 cm³/mol. The van der Waals surface area contributed by atoms with Crippen molar-refractivity contribution in [2.24, 2.45) is 17.8 Å². The summed E-state index contributed by atoms with van der Waals surface area (Å²) in [5, 5.41) is 11.2. The maximum atomic E-state index is 11.2. The topological polar surface area (TPSA) is 20.2 Å². The Labute approximate surface area is 116 Å². The molecule has 0 spiro atoms. The number of fused-ring (bicyclic) bond motifs is 3. The summed E-state index contributed by atoms with van der Waals surface area (Å²) in [5.74, 6) is 2.69. The smallest absolute Gasteiger partial charge is 0.0905 e. The van der Waals surface area contributed by atoms with Crippen LogP contribution < -0.4 is 0 Å². The van der Waals surface area contributed by atoms with Crippen LogP contribution in [0, 0.1) is 24.7 Å². The van der Waals surface area contributed by atoms with Gasteiger partial charge < -0.3 is 5.11 Å². The van der Waals surface area contributed by atoms with E-state index < -0.39 is 5.60 Å². The predicted octanol–water partition coefficient (Wildman–Crippen LogP) is 3.96. The van der Waals surface area contributed by atoms with Crippen molar-refractivity contribution in [2.75, 3.05) is 0 Å². The molecule has 1 N–H and O–H groups in total. The van der Waals surface area contributed by atoms with Crippen molar-refractivity contribution in [1.82, 2.24) is 0 Å². The Morgan fingerprint density at radius 2 is 2.16 bits per heavy atom. The maximum Gasteiger partial charge on any atom is 0.0905 e. The van der Waals surface area contributed by atoms with E-state index in [9.17, 15) is 5.11 Å². The van der Waals surface area contributed by atoms with Gasteiger partial charge >= 0.3 is 0 Å². The van der Waals surface area contributed by atoms with E-state index in [1.807, 2.05) is 0 Å². The molecule has 0 saturated heterocycles. The molecule has 1 heteroatoms. The lowest BCUT2D eigenvalue weighted by Crippen LogP contribution is -2.28. The second kappa shape index (κ2) is 4.09. The van der Waals surface area contributed by atoms with E-state index >= 15 is 0 Å². The minimum Gasteiger partial charge on any atom is -0.385 e. The van der Waals surface area contributed by atoms with Gasteiger partial charge in [-0.25, -0.2) is 0 Å². The lowest BCUT2D eigenvalue weighted by molar-refractivity contribution is 0.00413. The monoisotopic (exact) mass is 256 g/mol. The largest absolute Gasteiger partial charge is 0.385 e. The van der Waals surface area contributed by atoms with Crippen LogP contribution in [0.25, 0.3) is 0 Å². The van der Waals surface area contributed by atoms with E-state index in [-0.39, 0.29) is 0 Å². The molecule has 0 aromatic heterocycles. The number of rotatable bonds is 2. The van der Waals surface area contributed by atoms with Crippen molar-refractivity contribution in [2.45, 2.75) is 57.5 Å². The zero-order chi connectivity index (χ0) is 13.0. The van der Waals surface area contributed by atoms with Crippen LogP contribution in [-0.4, -0.2) is 5.11 Å². The van der Waals surface area contributed by atoms with E-state index in [4.69, 9.17) is 0 Å². The molecule has 4 rings (SSSR count). The molecular formula is C18H24O. The SMILES string of the molecule is Cc1ccc2c(c1)C(O)(CC1CC3CCC1C3)CC2. The third-order valence-corrected chi connectivity index (χ3v) is 6.06. The first-order valence-electron chi connectivity index (χ1n) is 7.96. The van der Waals surface area contributed by atoms with Crippen LogP contribution in [0.4, 0.5) is 0 Å². The van der Waals surface area contributed by atoms with Gasteiger partial charge in [-0.2, -0.15) is 0 Å². The van der Waals surface area contributed by atoms with Gasteiger partial charge in [0.1, 0.15) is 0 Å². The van der Waals surface area contributed by atoms with Crippen LogP contribution in [0.5, 0.6) is 0 Å². The molecule has 102 valence electrons. The molecular weight excluding hydrogens is 232 g/mol. The molecule has 2 bridgehead atoms. The lowest BCUT2D eigenvalue weighted by atomic mass is 9.78. The molecule has 4 unspecified atom stereocenters. The van der Waals surface area contributed by atoms with Gasteiger partial charge in [-0.1, -0.05) is 30.2 Å². The molecule has 0 amide bonds. The summed E-state index contributed by atoms with van der Waals surface area (Å²) in [5.41, 5.74) is 3.40. The van der Waals surface area contributed by atoms with Crippen LogP contribution in [-0.2, 0) is 12.0 Å². The van der Waals surface area contributed by atoms with Gasteiger partial charge in [0.2, 0.25) is 0 Å². The van der Waals surface area contributed by atoms with Gasteiger partial charge in [0, 0.05) is 0 Å². The normalized spacial score (nSPS) is 39.8. The number of aryl methyl sites for hydroxylation is 2. The second-order valence-electron chi connectivity index (χ2n) is 7.33. The molecule has 0 radical (unpaired) electrons. The van der Waals surface area contributed by atoms with Gasteiger partial charge in [0.25, 0.3) is 0 Å². The Bertz CT molecular complexity index is 506. The Balaban J connectivity index is 1.60. The number of aliphatic hydroxyl groups is 1. The molecule has 19 heavy (non-hydrogen) atoms. The first-order chi connectivity index (χ1) is 9.14. The number of hydrogen-bond acceptors (Lipinski definition) is 1. The highest BCUT2D eigenvalue weighted by molar-refractivity contribution is 5.40. The van der Waals surface area contributed by atoms with Crippen LogP contribution in [0.15, 0.2) is 18.2 Å². The third kappa shape index (κ3) is 1.86. The molecule has 3 aliphatic carbocycles. The summed E-state index contributed by atoms with van der Waals surface area (Å²) < 4.78 is 0. The molecule has 2 fully saturated rings. The van der Waals surface area contributed by atoms with Crippen molar-refractivity contribution in [3.05, 3.63) is 34.9 Å². The van der Waals surface area contributed by atoms with Gasteiger partial charge in [0.05, 0.1) is 5.60 Å². The molecule has 4 atom stereocenters. The summed E-state index contributed by atoms with van der Waals surface area (Å²) in [6.45, 7) is 2.14. The number of benzene rings is 1. The van der Waals surface area contributed by atoms with Crippen LogP contribution in [0.2, 0.25) is 0 Å². The van der Waals surface area contributed by atoms with E-state index in [0.29, 0.717) is 0 Å². The van der Waals surface area contributed by atoms with Crippen LogP contribution in [0.3, 0.4) is 0 Å². The second-order valence-corrected chi connectivity index (χ2v) is 7.33. The van der Waals surface area contributed by atoms with E-state index in [1.165, 1.54) is 42.4 Å². The van der Waals surface area contributed by atoms with Gasteiger partial charge in [-0.3, -0.25) is 0 Å². The molecule has 2 saturated carbocycles. The van der Waals surface area contributed by atoms with Crippen molar-refractivity contribution in [1.29, 1.82) is 0 Å². The minimum absolute atomic E-state index is 0.517. The summed E-state index contributed by atoms with van der Waals surface area (Å²) in [7, 11) is 0. The molecule has 0 aliphatic heterocycles. The van der Waals surface area contributed by atoms with E-state index in [1.54, 1.807) is 0 Å². The maximum absolute atomic E-state index is 11.2. The van der Waals surface area contributed by atoms with Crippen LogP contribution in [0.1, 0.15) is 55.2 Å². The lowest BCUT2D eigenvalue weighted by Gasteiger charge is -2.31. The summed E-state index contributed by atoms with van der Waals surface area (Å²) >= 11 is 0. The van der Waals surface area contributed by atoms with E-state index in [0.717, 1.165) is 37.0 Å². The zero-order valence-electron chi connectivity index (χ0n) is 11.9. The average Bonchev–Trinajstić information content (AvgIpc) is 3.06. The quantitative estimate of drug-likeness (QED) is 0.849. The fraction of sp³-hybridized carbons (Fsp3) is 0.667. The Morgan fingerprint density at radius 1 is 1.26 bits per heavy atom. The van der Waals surface area contributed by atoms with Crippen LogP contribution >= 0.6 is 0 Å². The first-order valence-corrected chi connectivity index (χ1v) is 7.96. The summed E-state index contributed by atoms with van der Waals surface area (Å²) in [6.07, 6.45) is 8.73. The minimum atomic E-state index is -0.517. The summed E-state index contributed by atoms with van der Waals surface area (Å²) in [4.78, 5) is 0. The highest BCUT2D eigenvalue weighted by atomic mass is 16.3. The fourth-order valence-corrected chi connectivity index (χ4v) is 5.09. The molecule has 1 aromatic carbocycles. The first kappa shape index (κ1) is 12.0. The Morgan fingerprint density at radius 3 is 2.89 bits per heavy atom. The third-order valence-electron chi connectivity index (χ3n) is 6.06.